The first-order chi connectivity index (χ1) is 11.1. The molecule has 2 unspecified atom stereocenters. The van der Waals surface area contributed by atoms with Crippen LogP contribution in [-0.4, -0.2) is 55.6 Å². The zero-order valence-electron chi connectivity index (χ0n) is 12.9. The minimum Gasteiger partial charge on any atom is -0.335 e. The van der Waals surface area contributed by atoms with Crippen LogP contribution in [0.25, 0.3) is 0 Å². The van der Waals surface area contributed by atoms with Crippen LogP contribution in [0.4, 0.5) is 0 Å². The molecule has 4 heterocycles. The van der Waals surface area contributed by atoms with E-state index in [2.05, 4.69) is 15.0 Å². The molecule has 23 heavy (non-hydrogen) atoms. The number of hydrogen-bond acceptors (Lipinski definition) is 5. The number of carbonyl (C=O) groups is 1. The Hall–Kier alpha value is -1.44. The van der Waals surface area contributed by atoms with Gasteiger partial charge in [-0.3, -0.25) is 14.4 Å². The van der Waals surface area contributed by atoms with Crippen molar-refractivity contribution in [3.8, 4) is 0 Å². The second-order valence-electron chi connectivity index (χ2n) is 6.21. The Morgan fingerprint density at radius 2 is 2.13 bits per heavy atom. The van der Waals surface area contributed by atoms with Gasteiger partial charge in [-0.05, 0) is 18.9 Å². The average molecular weight is 352 g/mol. The minimum absolute atomic E-state index is 0.100. The van der Waals surface area contributed by atoms with Crippen LogP contribution in [-0.2, 0) is 13.6 Å². The van der Waals surface area contributed by atoms with Crippen LogP contribution >= 0.6 is 22.9 Å². The largest absolute Gasteiger partial charge is 0.335 e. The summed E-state index contributed by atoms with van der Waals surface area (Å²) in [6.45, 7) is 2.36. The fraction of sp³-hybridized carbons (Fsp3) is 0.533. The number of rotatable bonds is 3. The van der Waals surface area contributed by atoms with Crippen molar-refractivity contribution in [1.82, 2.24) is 24.6 Å². The molecule has 1 amide bonds. The maximum Gasteiger partial charge on any atom is 0.254 e. The molecular weight excluding hydrogens is 334 g/mol. The fourth-order valence-corrected chi connectivity index (χ4v) is 4.50. The quantitative estimate of drug-likeness (QED) is 0.849. The number of piperazine rings is 1. The van der Waals surface area contributed by atoms with Gasteiger partial charge in [0.05, 0.1) is 16.4 Å². The Kier molecular flexibility index (Phi) is 3.87. The van der Waals surface area contributed by atoms with Crippen LogP contribution in [0.15, 0.2) is 17.8 Å². The van der Waals surface area contributed by atoms with Crippen molar-refractivity contribution in [2.24, 2.45) is 7.05 Å². The summed E-state index contributed by atoms with van der Waals surface area (Å²) in [7, 11) is 1.92. The Balaban J connectivity index is 1.47. The topological polar surface area (TPSA) is 54.3 Å². The Labute approximate surface area is 143 Å². The van der Waals surface area contributed by atoms with E-state index in [1.165, 1.54) is 11.3 Å². The van der Waals surface area contributed by atoms with Crippen molar-refractivity contribution in [2.45, 2.75) is 31.5 Å². The third kappa shape index (κ3) is 2.77. The highest BCUT2D eigenvalue weighted by atomic mass is 35.5. The number of likely N-dealkylation sites (tertiary alicyclic amines) is 1. The number of amides is 1. The third-order valence-corrected chi connectivity index (χ3v) is 5.96. The zero-order valence-corrected chi connectivity index (χ0v) is 14.4. The van der Waals surface area contributed by atoms with Crippen LogP contribution in [0.1, 0.15) is 29.0 Å². The predicted octanol–water partition coefficient (Wildman–Crippen LogP) is 2.02. The van der Waals surface area contributed by atoms with E-state index in [9.17, 15) is 4.79 Å². The first kappa shape index (κ1) is 15.1. The molecule has 0 radical (unpaired) electrons. The molecule has 2 saturated heterocycles. The number of carbonyl (C=O) groups excluding carboxylic acids is 1. The molecule has 2 aliphatic rings. The van der Waals surface area contributed by atoms with Crippen LogP contribution in [0.5, 0.6) is 0 Å². The molecule has 2 aromatic heterocycles. The molecule has 0 aliphatic carbocycles. The number of halogens is 1. The molecule has 122 valence electrons. The molecule has 0 N–H and O–H groups in total. The van der Waals surface area contributed by atoms with Crippen molar-refractivity contribution >= 4 is 28.8 Å². The molecule has 6 nitrogen and oxygen atoms in total. The number of nitrogens with zero attached hydrogens (tertiary/aromatic N) is 5. The number of aromatic nitrogens is 3. The Morgan fingerprint density at radius 3 is 2.70 bits per heavy atom. The molecule has 0 spiro atoms. The maximum absolute atomic E-state index is 12.6. The SMILES string of the molecule is Cn1ncnc1CN1C2CCC1CN(C(=O)c1csc(Cl)c1)C2. The van der Waals surface area contributed by atoms with E-state index in [-0.39, 0.29) is 5.91 Å². The summed E-state index contributed by atoms with van der Waals surface area (Å²) in [4.78, 5) is 21.4. The van der Waals surface area contributed by atoms with Crippen molar-refractivity contribution in [3.05, 3.63) is 33.5 Å². The monoisotopic (exact) mass is 351 g/mol. The third-order valence-electron chi connectivity index (χ3n) is 4.86. The highest BCUT2D eigenvalue weighted by Crippen LogP contribution is 2.32. The van der Waals surface area contributed by atoms with Crippen LogP contribution < -0.4 is 0 Å². The van der Waals surface area contributed by atoms with Gasteiger partial charge in [0, 0.05) is 37.6 Å². The summed E-state index contributed by atoms with van der Waals surface area (Å²) < 4.78 is 2.49. The van der Waals surface area contributed by atoms with Crippen LogP contribution in [0.3, 0.4) is 0 Å². The molecule has 2 bridgehead atoms. The average Bonchev–Trinajstić information content (AvgIpc) is 3.19. The molecule has 8 heteroatoms. The van der Waals surface area contributed by atoms with Crippen molar-refractivity contribution in [1.29, 1.82) is 0 Å². The number of fused-ring (bicyclic) bond motifs is 2. The summed E-state index contributed by atoms with van der Waals surface area (Å²) >= 11 is 7.36. The predicted molar refractivity (Wildman–Crippen MR) is 88.6 cm³/mol. The van der Waals surface area contributed by atoms with Gasteiger partial charge >= 0.3 is 0 Å². The molecule has 2 aromatic rings. The highest BCUT2D eigenvalue weighted by Gasteiger charge is 2.41. The summed E-state index contributed by atoms with van der Waals surface area (Å²) in [6.07, 6.45) is 3.87. The van der Waals surface area contributed by atoms with Gasteiger partial charge < -0.3 is 4.90 Å². The van der Waals surface area contributed by atoms with Gasteiger partial charge in [0.2, 0.25) is 0 Å². The number of hydrogen-bond donors (Lipinski definition) is 0. The number of thiophene rings is 1. The van der Waals surface area contributed by atoms with Crippen molar-refractivity contribution < 1.29 is 4.79 Å². The Bertz CT molecular complexity index is 715. The summed E-state index contributed by atoms with van der Waals surface area (Å²) in [5.74, 6) is 1.08. The standard InChI is InChI=1S/C15H18ClN5OS/c1-19-14(17-9-18-19)7-21-11-2-3-12(21)6-20(5-11)15(22)10-4-13(16)23-8-10/h4,8-9,11-12H,2-3,5-7H2,1H3. The van der Waals surface area contributed by atoms with E-state index >= 15 is 0 Å². The van der Waals surface area contributed by atoms with Gasteiger partial charge in [-0.25, -0.2) is 4.98 Å². The van der Waals surface area contributed by atoms with Gasteiger partial charge in [-0.2, -0.15) is 5.10 Å². The lowest BCUT2D eigenvalue weighted by molar-refractivity contribution is 0.0412. The molecule has 0 aromatic carbocycles. The maximum atomic E-state index is 12.6. The van der Waals surface area contributed by atoms with E-state index in [4.69, 9.17) is 11.6 Å². The van der Waals surface area contributed by atoms with E-state index < -0.39 is 0 Å². The summed E-state index contributed by atoms with van der Waals surface area (Å²) in [5, 5.41) is 5.99. The Morgan fingerprint density at radius 1 is 1.39 bits per heavy atom. The van der Waals surface area contributed by atoms with Gasteiger partial charge in [-0.1, -0.05) is 11.6 Å². The molecular formula is C15H18ClN5OS. The summed E-state index contributed by atoms with van der Waals surface area (Å²) in [6, 6.07) is 2.58. The number of aryl methyl sites for hydroxylation is 1. The molecule has 4 rings (SSSR count). The first-order valence-electron chi connectivity index (χ1n) is 7.74. The van der Waals surface area contributed by atoms with Gasteiger partial charge in [-0.15, -0.1) is 11.3 Å². The van der Waals surface area contributed by atoms with Crippen LogP contribution in [0.2, 0.25) is 4.34 Å². The lowest BCUT2D eigenvalue weighted by atomic mass is 10.1. The van der Waals surface area contributed by atoms with Crippen molar-refractivity contribution in [3.63, 3.8) is 0 Å². The van der Waals surface area contributed by atoms with Crippen molar-refractivity contribution in [2.75, 3.05) is 13.1 Å². The lowest BCUT2D eigenvalue weighted by Gasteiger charge is -2.40. The molecule has 0 saturated carbocycles. The lowest BCUT2D eigenvalue weighted by Crippen LogP contribution is -2.55. The molecule has 2 aliphatic heterocycles. The summed E-state index contributed by atoms with van der Waals surface area (Å²) in [5.41, 5.74) is 0.709. The zero-order chi connectivity index (χ0) is 16.0. The minimum atomic E-state index is 0.100. The fourth-order valence-electron chi connectivity index (χ4n) is 3.65. The smallest absolute Gasteiger partial charge is 0.254 e. The van der Waals surface area contributed by atoms with Gasteiger partial charge in [0.25, 0.3) is 5.91 Å². The molecule has 2 fully saturated rings. The normalized spacial score (nSPS) is 24.3. The second-order valence-corrected chi connectivity index (χ2v) is 7.75. The van der Waals surface area contributed by atoms with E-state index in [1.54, 1.807) is 12.4 Å². The highest BCUT2D eigenvalue weighted by molar-refractivity contribution is 7.14. The van der Waals surface area contributed by atoms with Gasteiger partial charge in [0.15, 0.2) is 0 Å². The first-order valence-corrected chi connectivity index (χ1v) is 8.99. The molecule has 2 atom stereocenters. The van der Waals surface area contributed by atoms with Crippen LogP contribution in [0, 0.1) is 0 Å². The second kappa shape index (κ2) is 5.89. The van der Waals surface area contributed by atoms with E-state index in [0.717, 1.165) is 38.3 Å². The van der Waals surface area contributed by atoms with Gasteiger partial charge in [0.1, 0.15) is 12.2 Å². The van der Waals surface area contributed by atoms with E-state index in [0.29, 0.717) is 22.0 Å². The van der Waals surface area contributed by atoms with E-state index in [1.807, 2.05) is 22.0 Å².